The molecule has 2 atom stereocenters. The first-order valence-electron chi connectivity index (χ1n) is 11.6. The lowest BCUT2D eigenvalue weighted by molar-refractivity contribution is 0.0937. The number of hydrogen-bond acceptors (Lipinski definition) is 4. The van der Waals surface area contributed by atoms with E-state index in [1.165, 1.54) is 32.1 Å². The number of benzene rings is 2. The Morgan fingerprint density at radius 3 is 2.71 bits per heavy atom. The Balaban J connectivity index is 1.30. The van der Waals surface area contributed by atoms with E-state index in [0.29, 0.717) is 5.56 Å². The monoisotopic (exact) mass is 417 g/mol. The van der Waals surface area contributed by atoms with Gasteiger partial charge in [-0.25, -0.2) is 4.98 Å². The Morgan fingerprint density at radius 1 is 1.13 bits per heavy atom. The normalized spacial score (nSPS) is 22.7. The number of oxazole rings is 1. The minimum absolute atomic E-state index is 0.00222. The van der Waals surface area contributed by atoms with E-state index >= 15 is 0 Å². The smallest absolute Gasteiger partial charge is 0.251 e. The number of hydrogen-bond donors (Lipinski definition) is 1. The molecule has 0 radical (unpaired) electrons. The Labute approximate surface area is 183 Å². The van der Waals surface area contributed by atoms with Gasteiger partial charge in [0.15, 0.2) is 0 Å². The molecule has 162 valence electrons. The molecule has 5 nitrogen and oxygen atoms in total. The second kappa shape index (κ2) is 8.83. The maximum atomic E-state index is 13.0. The van der Waals surface area contributed by atoms with Crippen LogP contribution in [0.25, 0.3) is 10.8 Å². The van der Waals surface area contributed by atoms with Crippen molar-refractivity contribution in [3.05, 3.63) is 65.9 Å². The minimum Gasteiger partial charge on any atom is -0.444 e. The quantitative estimate of drug-likeness (QED) is 0.615. The standard InChI is InChI=1S/C26H31N3O2/c1-18-15-27-26(31-18)24-14-23(17-29(24)16-19-7-3-2-4-8-19)28-25(30)22-12-11-20-9-5-6-10-21(20)13-22/h5-6,9-13,15,19,23-24H,2-4,7-8,14,16-17H2,1H3,(H,28,30). The zero-order chi connectivity index (χ0) is 21.2. The summed E-state index contributed by atoms with van der Waals surface area (Å²) in [4.78, 5) is 20.0. The van der Waals surface area contributed by atoms with Crippen molar-refractivity contribution in [2.75, 3.05) is 13.1 Å². The number of rotatable bonds is 5. The number of fused-ring (bicyclic) bond motifs is 1. The van der Waals surface area contributed by atoms with Crippen LogP contribution < -0.4 is 5.32 Å². The zero-order valence-corrected chi connectivity index (χ0v) is 18.2. The molecular formula is C26H31N3O2. The van der Waals surface area contributed by atoms with Gasteiger partial charge in [0.1, 0.15) is 5.76 Å². The number of carbonyl (C=O) groups is 1. The van der Waals surface area contributed by atoms with Crippen molar-refractivity contribution in [3.63, 3.8) is 0 Å². The number of amides is 1. The molecule has 1 saturated carbocycles. The van der Waals surface area contributed by atoms with E-state index < -0.39 is 0 Å². The SMILES string of the molecule is Cc1cnc(C2CC(NC(=O)c3ccc4ccccc4c3)CN2CC2CCCCC2)o1. The average Bonchev–Trinajstić information content (AvgIpc) is 3.39. The summed E-state index contributed by atoms with van der Waals surface area (Å²) in [5.74, 6) is 2.37. The highest BCUT2D eigenvalue weighted by Gasteiger charge is 2.37. The van der Waals surface area contributed by atoms with Gasteiger partial charge in [0.05, 0.1) is 12.2 Å². The molecule has 2 unspecified atom stereocenters. The Morgan fingerprint density at radius 2 is 1.94 bits per heavy atom. The van der Waals surface area contributed by atoms with Gasteiger partial charge in [-0.1, -0.05) is 49.6 Å². The molecule has 0 spiro atoms. The summed E-state index contributed by atoms with van der Waals surface area (Å²) in [6.07, 6.45) is 9.29. The lowest BCUT2D eigenvalue weighted by Crippen LogP contribution is -2.38. The second-order valence-corrected chi connectivity index (χ2v) is 9.25. The highest BCUT2D eigenvalue weighted by atomic mass is 16.4. The van der Waals surface area contributed by atoms with Gasteiger partial charge in [0.25, 0.3) is 5.91 Å². The van der Waals surface area contributed by atoms with E-state index in [1.807, 2.05) is 37.3 Å². The number of nitrogens with zero attached hydrogens (tertiary/aromatic N) is 2. The molecule has 1 saturated heterocycles. The van der Waals surface area contributed by atoms with Gasteiger partial charge in [0, 0.05) is 24.7 Å². The van der Waals surface area contributed by atoms with E-state index in [9.17, 15) is 4.79 Å². The van der Waals surface area contributed by atoms with Crippen molar-refractivity contribution >= 4 is 16.7 Å². The molecule has 2 heterocycles. The fourth-order valence-corrected chi connectivity index (χ4v) is 5.29. The van der Waals surface area contributed by atoms with Crippen LogP contribution in [0.15, 0.2) is 53.1 Å². The molecule has 1 aliphatic heterocycles. The molecule has 2 aromatic carbocycles. The molecule has 1 amide bonds. The van der Waals surface area contributed by atoms with Crippen LogP contribution in [0.1, 0.15) is 66.6 Å². The number of nitrogens with one attached hydrogen (secondary N) is 1. The summed E-state index contributed by atoms with van der Waals surface area (Å²) in [7, 11) is 0. The maximum absolute atomic E-state index is 13.0. The van der Waals surface area contributed by atoms with Crippen LogP contribution in [0.4, 0.5) is 0 Å². The van der Waals surface area contributed by atoms with Crippen molar-refractivity contribution in [2.45, 2.75) is 57.5 Å². The predicted molar refractivity (Wildman–Crippen MR) is 122 cm³/mol. The van der Waals surface area contributed by atoms with Crippen molar-refractivity contribution in [2.24, 2.45) is 5.92 Å². The zero-order valence-electron chi connectivity index (χ0n) is 18.2. The molecule has 2 fully saturated rings. The lowest BCUT2D eigenvalue weighted by atomic mass is 9.89. The fraction of sp³-hybridized carbons (Fsp3) is 0.462. The highest BCUT2D eigenvalue weighted by molar-refractivity contribution is 5.98. The highest BCUT2D eigenvalue weighted by Crippen LogP contribution is 2.35. The molecule has 1 aliphatic carbocycles. The molecule has 5 rings (SSSR count). The van der Waals surface area contributed by atoms with Crippen LogP contribution >= 0.6 is 0 Å². The van der Waals surface area contributed by atoms with Crippen molar-refractivity contribution in [1.29, 1.82) is 0 Å². The van der Waals surface area contributed by atoms with Crippen LogP contribution in [0.5, 0.6) is 0 Å². The average molecular weight is 418 g/mol. The number of likely N-dealkylation sites (tertiary alicyclic amines) is 1. The van der Waals surface area contributed by atoms with Gasteiger partial charge in [-0.15, -0.1) is 0 Å². The topological polar surface area (TPSA) is 58.4 Å². The second-order valence-electron chi connectivity index (χ2n) is 9.25. The molecule has 5 heteroatoms. The van der Waals surface area contributed by atoms with Crippen molar-refractivity contribution in [1.82, 2.24) is 15.2 Å². The molecule has 1 N–H and O–H groups in total. The van der Waals surface area contributed by atoms with E-state index in [0.717, 1.165) is 47.9 Å². The largest absolute Gasteiger partial charge is 0.444 e. The summed E-state index contributed by atoms with van der Waals surface area (Å²) < 4.78 is 5.91. The first-order valence-corrected chi connectivity index (χ1v) is 11.6. The molecule has 3 aromatic rings. The van der Waals surface area contributed by atoms with Crippen molar-refractivity contribution in [3.8, 4) is 0 Å². The van der Waals surface area contributed by atoms with Gasteiger partial charge in [-0.3, -0.25) is 9.69 Å². The molecular weight excluding hydrogens is 386 g/mol. The number of aryl methyl sites for hydroxylation is 1. The summed E-state index contributed by atoms with van der Waals surface area (Å²) >= 11 is 0. The molecule has 0 bridgehead atoms. The van der Waals surface area contributed by atoms with Crippen LogP contribution in [-0.2, 0) is 0 Å². The summed E-state index contributed by atoms with van der Waals surface area (Å²) in [6.45, 7) is 3.85. The summed E-state index contributed by atoms with van der Waals surface area (Å²) in [6, 6.07) is 14.3. The first kappa shape index (κ1) is 20.3. The molecule has 2 aliphatic rings. The van der Waals surface area contributed by atoms with Crippen LogP contribution in [0.3, 0.4) is 0 Å². The van der Waals surface area contributed by atoms with Crippen LogP contribution in [0.2, 0.25) is 0 Å². The minimum atomic E-state index is -0.00222. The van der Waals surface area contributed by atoms with E-state index in [1.54, 1.807) is 6.20 Å². The third-order valence-electron chi connectivity index (χ3n) is 6.89. The molecule has 1 aromatic heterocycles. The molecule has 31 heavy (non-hydrogen) atoms. The summed E-state index contributed by atoms with van der Waals surface area (Å²) in [5.41, 5.74) is 0.716. The third kappa shape index (κ3) is 4.52. The maximum Gasteiger partial charge on any atom is 0.251 e. The number of aromatic nitrogens is 1. The van der Waals surface area contributed by atoms with Crippen molar-refractivity contribution < 1.29 is 9.21 Å². The third-order valence-corrected chi connectivity index (χ3v) is 6.89. The van der Waals surface area contributed by atoms with Gasteiger partial charge in [-0.2, -0.15) is 0 Å². The van der Waals surface area contributed by atoms with Crippen LogP contribution in [0, 0.1) is 12.8 Å². The van der Waals surface area contributed by atoms with E-state index in [4.69, 9.17) is 4.42 Å². The first-order chi connectivity index (χ1) is 15.2. The van der Waals surface area contributed by atoms with Gasteiger partial charge in [-0.05, 0) is 55.0 Å². The van der Waals surface area contributed by atoms with Gasteiger partial charge in [0.2, 0.25) is 5.89 Å². The van der Waals surface area contributed by atoms with E-state index in [2.05, 4.69) is 27.3 Å². The summed E-state index contributed by atoms with van der Waals surface area (Å²) in [5, 5.41) is 5.53. The van der Waals surface area contributed by atoms with Gasteiger partial charge < -0.3 is 9.73 Å². The predicted octanol–water partition coefficient (Wildman–Crippen LogP) is 5.26. The Kier molecular flexibility index (Phi) is 5.77. The number of carbonyl (C=O) groups excluding carboxylic acids is 1. The van der Waals surface area contributed by atoms with Crippen LogP contribution in [-0.4, -0.2) is 34.9 Å². The Bertz CT molecular complexity index is 1050. The Hall–Kier alpha value is -2.66. The fourth-order valence-electron chi connectivity index (χ4n) is 5.29. The lowest BCUT2D eigenvalue weighted by Gasteiger charge is -2.29. The van der Waals surface area contributed by atoms with Gasteiger partial charge >= 0.3 is 0 Å². The van der Waals surface area contributed by atoms with E-state index in [-0.39, 0.29) is 18.0 Å².